The molecule has 0 bridgehead atoms. The van der Waals surface area contributed by atoms with Crippen molar-refractivity contribution in [2.24, 2.45) is 0 Å². The van der Waals surface area contributed by atoms with Crippen molar-refractivity contribution in [1.29, 1.82) is 0 Å². The molecule has 0 fully saturated rings. The van der Waals surface area contributed by atoms with Crippen LogP contribution in [0, 0.1) is 0 Å². The molecule has 0 saturated heterocycles. The van der Waals surface area contributed by atoms with Gasteiger partial charge in [-0.05, 0) is 12.1 Å². The van der Waals surface area contributed by atoms with Gasteiger partial charge in [-0.15, -0.1) is 0 Å². The molecule has 1 aromatic heterocycles. The van der Waals surface area contributed by atoms with Crippen LogP contribution in [0.3, 0.4) is 0 Å². The van der Waals surface area contributed by atoms with Gasteiger partial charge in [0.2, 0.25) is 0 Å². The number of ether oxygens (including phenoxy) is 1. The number of methoxy groups -OCH3 is 1. The molecule has 1 aromatic carbocycles. The highest BCUT2D eigenvalue weighted by molar-refractivity contribution is 5.76. The third-order valence-electron chi connectivity index (χ3n) is 2.28. The maximum atomic E-state index is 11.5. The first-order chi connectivity index (χ1) is 7.22. The molecule has 2 rings (SSSR count). The zero-order valence-electron chi connectivity index (χ0n) is 8.36. The zero-order chi connectivity index (χ0) is 10.8. The summed E-state index contributed by atoms with van der Waals surface area (Å²) in [5.74, 6) is 0.141. The Morgan fingerprint density at radius 2 is 2.33 bits per heavy atom. The van der Waals surface area contributed by atoms with Gasteiger partial charge < -0.3 is 14.8 Å². The van der Waals surface area contributed by atoms with Crippen molar-refractivity contribution < 1.29 is 9.84 Å². The lowest BCUT2D eigenvalue weighted by molar-refractivity contribution is 0.187. The number of H-pyrrole nitrogens is 1. The van der Waals surface area contributed by atoms with E-state index in [-0.39, 0.29) is 11.4 Å². The Kier molecular flexibility index (Phi) is 2.47. The summed E-state index contributed by atoms with van der Waals surface area (Å²) in [5, 5.41) is 9.25. The number of phenols is 1. The van der Waals surface area contributed by atoms with Crippen LogP contribution < -0.4 is 5.69 Å². The van der Waals surface area contributed by atoms with Crippen molar-refractivity contribution in [3.8, 4) is 5.75 Å². The van der Waals surface area contributed by atoms with Gasteiger partial charge in [-0.3, -0.25) is 4.57 Å². The first-order valence-corrected chi connectivity index (χ1v) is 4.63. The van der Waals surface area contributed by atoms with Gasteiger partial charge in [0.25, 0.3) is 0 Å². The SMILES string of the molecule is COCCn1c(=O)[nH]c2cc(O)ccc21. The molecule has 2 N–H and O–H groups in total. The number of nitrogens with one attached hydrogen (secondary N) is 1. The van der Waals surface area contributed by atoms with Crippen LogP contribution in [-0.4, -0.2) is 28.4 Å². The summed E-state index contributed by atoms with van der Waals surface area (Å²) in [7, 11) is 1.59. The number of nitrogens with zero attached hydrogens (tertiary/aromatic N) is 1. The molecule has 0 unspecified atom stereocenters. The molecule has 15 heavy (non-hydrogen) atoms. The number of fused-ring (bicyclic) bond motifs is 1. The Balaban J connectivity index is 2.53. The van der Waals surface area contributed by atoms with Crippen LogP contribution in [-0.2, 0) is 11.3 Å². The third-order valence-corrected chi connectivity index (χ3v) is 2.28. The monoisotopic (exact) mass is 208 g/mol. The topological polar surface area (TPSA) is 67.2 Å². The molecule has 5 heteroatoms. The largest absolute Gasteiger partial charge is 0.508 e. The van der Waals surface area contributed by atoms with Gasteiger partial charge in [-0.1, -0.05) is 0 Å². The number of hydrogen-bond donors (Lipinski definition) is 2. The maximum Gasteiger partial charge on any atom is 0.326 e. The number of phenolic OH excluding ortho intramolecular Hbond substituents is 1. The van der Waals surface area contributed by atoms with E-state index in [1.165, 1.54) is 6.07 Å². The molecule has 0 atom stereocenters. The van der Waals surface area contributed by atoms with Crippen LogP contribution in [0.1, 0.15) is 0 Å². The number of hydrogen-bond acceptors (Lipinski definition) is 3. The molecule has 0 aliphatic heterocycles. The Morgan fingerprint density at radius 1 is 1.53 bits per heavy atom. The molecule has 5 nitrogen and oxygen atoms in total. The van der Waals surface area contributed by atoms with Gasteiger partial charge in [0.05, 0.1) is 24.2 Å². The molecular formula is C10H12N2O3. The van der Waals surface area contributed by atoms with Gasteiger partial charge >= 0.3 is 5.69 Å². The number of benzene rings is 1. The molecule has 0 aliphatic carbocycles. The lowest BCUT2D eigenvalue weighted by atomic mass is 10.3. The van der Waals surface area contributed by atoms with Crippen molar-refractivity contribution in [3.05, 3.63) is 28.7 Å². The first kappa shape index (κ1) is 9.79. The number of aromatic nitrogens is 2. The van der Waals surface area contributed by atoms with Crippen LogP contribution in [0.2, 0.25) is 0 Å². The number of imidazole rings is 1. The zero-order valence-corrected chi connectivity index (χ0v) is 8.36. The predicted octanol–water partition coefficient (Wildman–Crippen LogP) is 0.682. The highest BCUT2D eigenvalue weighted by atomic mass is 16.5. The third kappa shape index (κ3) is 1.73. The predicted molar refractivity (Wildman–Crippen MR) is 56.1 cm³/mol. The summed E-state index contributed by atoms with van der Waals surface area (Å²) in [5.41, 5.74) is 1.22. The second-order valence-corrected chi connectivity index (χ2v) is 3.28. The second kappa shape index (κ2) is 3.78. The van der Waals surface area contributed by atoms with E-state index in [1.807, 2.05) is 0 Å². The van der Waals surface area contributed by atoms with Crippen molar-refractivity contribution in [3.63, 3.8) is 0 Å². The molecule has 80 valence electrons. The van der Waals surface area contributed by atoms with Gasteiger partial charge in [0.15, 0.2) is 0 Å². The highest BCUT2D eigenvalue weighted by Gasteiger charge is 2.06. The van der Waals surface area contributed by atoms with E-state index in [1.54, 1.807) is 23.8 Å². The van der Waals surface area contributed by atoms with Crippen LogP contribution in [0.4, 0.5) is 0 Å². The van der Waals surface area contributed by atoms with Gasteiger partial charge in [0.1, 0.15) is 5.75 Å². The van der Waals surface area contributed by atoms with Crippen molar-refractivity contribution in [2.75, 3.05) is 13.7 Å². The molecule has 0 spiro atoms. The van der Waals surface area contributed by atoms with E-state index in [0.717, 1.165) is 5.52 Å². The summed E-state index contributed by atoms with van der Waals surface area (Å²) in [4.78, 5) is 14.2. The summed E-state index contributed by atoms with van der Waals surface area (Å²) < 4.78 is 6.50. The van der Waals surface area contributed by atoms with Crippen molar-refractivity contribution in [1.82, 2.24) is 9.55 Å². The van der Waals surface area contributed by atoms with Crippen LogP contribution in [0.5, 0.6) is 5.75 Å². The van der Waals surface area contributed by atoms with E-state index >= 15 is 0 Å². The minimum atomic E-state index is -0.187. The summed E-state index contributed by atoms with van der Waals surface area (Å²) in [6, 6.07) is 4.79. The van der Waals surface area contributed by atoms with Gasteiger partial charge in [-0.2, -0.15) is 0 Å². The molecule has 0 amide bonds. The van der Waals surface area contributed by atoms with E-state index in [0.29, 0.717) is 18.7 Å². The standard InChI is InChI=1S/C10H12N2O3/c1-15-5-4-12-9-3-2-7(13)6-8(9)11-10(12)14/h2-3,6,13H,4-5H2,1H3,(H,11,14). The van der Waals surface area contributed by atoms with Crippen LogP contribution in [0.15, 0.2) is 23.0 Å². The normalized spacial score (nSPS) is 11.0. The maximum absolute atomic E-state index is 11.5. The average Bonchev–Trinajstić information content (AvgIpc) is 2.50. The lowest BCUT2D eigenvalue weighted by Gasteiger charge is -2.01. The fraction of sp³-hybridized carbons (Fsp3) is 0.300. The first-order valence-electron chi connectivity index (χ1n) is 4.63. The van der Waals surface area contributed by atoms with Gasteiger partial charge in [0, 0.05) is 13.2 Å². The fourth-order valence-electron chi connectivity index (χ4n) is 1.56. The van der Waals surface area contributed by atoms with Crippen LogP contribution in [0.25, 0.3) is 11.0 Å². The summed E-state index contributed by atoms with van der Waals surface area (Å²) in [6.07, 6.45) is 0. The Bertz CT molecular complexity index is 527. The van der Waals surface area contributed by atoms with Crippen molar-refractivity contribution >= 4 is 11.0 Å². The molecule has 0 saturated carbocycles. The second-order valence-electron chi connectivity index (χ2n) is 3.28. The Hall–Kier alpha value is -1.75. The Morgan fingerprint density at radius 3 is 3.07 bits per heavy atom. The minimum Gasteiger partial charge on any atom is -0.508 e. The van der Waals surface area contributed by atoms with Crippen molar-refractivity contribution in [2.45, 2.75) is 6.54 Å². The molecule has 0 aliphatic rings. The van der Waals surface area contributed by atoms with Gasteiger partial charge in [-0.25, -0.2) is 4.79 Å². The number of aromatic hydroxyl groups is 1. The number of rotatable bonds is 3. The van der Waals surface area contributed by atoms with E-state index in [9.17, 15) is 9.90 Å². The summed E-state index contributed by atoms with van der Waals surface area (Å²) in [6.45, 7) is 0.980. The van der Waals surface area contributed by atoms with E-state index in [2.05, 4.69) is 4.98 Å². The molecule has 0 radical (unpaired) electrons. The molecule has 2 aromatic rings. The minimum absolute atomic E-state index is 0.141. The quantitative estimate of drug-likeness (QED) is 0.779. The van der Waals surface area contributed by atoms with E-state index < -0.39 is 0 Å². The molecular weight excluding hydrogens is 196 g/mol. The lowest BCUT2D eigenvalue weighted by Crippen LogP contribution is -2.18. The summed E-state index contributed by atoms with van der Waals surface area (Å²) >= 11 is 0. The van der Waals surface area contributed by atoms with E-state index in [4.69, 9.17) is 4.74 Å². The smallest absolute Gasteiger partial charge is 0.326 e. The Labute approximate surface area is 85.9 Å². The highest BCUT2D eigenvalue weighted by Crippen LogP contribution is 2.16. The fourth-order valence-corrected chi connectivity index (χ4v) is 1.56. The van der Waals surface area contributed by atoms with Crippen LogP contribution >= 0.6 is 0 Å². The molecule has 1 heterocycles. The number of aromatic amines is 1. The average molecular weight is 208 g/mol.